The Kier molecular flexibility index (Phi) is 2.87. The fraction of sp³-hybridized carbons (Fsp3) is 0.222. The van der Waals surface area contributed by atoms with Crippen LogP contribution < -0.4 is 16.0 Å². The summed E-state index contributed by atoms with van der Waals surface area (Å²) in [7, 11) is 0. The maximum atomic E-state index is 10.8. The highest BCUT2D eigenvalue weighted by Gasteiger charge is 2.04. The van der Waals surface area contributed by atoms with E-state index in [-0.39, 0.29) is 0 Å². The first kappa shape index (κ1) is 9.54. The first-order valence-corrected chi connectivity index (χ1v) is 3.89. The highest BCUT2D eigenvalue weighted by Crippen LogP contribution is 2.18. The number of carbonyl (C=O) groups is 1. The molecule has 0 heterocycles. The highest BCUT2D eigenvalue weighted by molar-refractivity contribution is 5.70. The molecule has 0 bridgehead atoms. The SMILES string of the molecule is Cc1ccc(C)c(OC(=O)NN)c1. The summed E-state index contributed by atoms with van der Waals surface area (Å²) >= 11 is 0. The zero-order valence-corrected chi connectivity index (χ0v) is 7.63. The third-order valence-electron chi connectivity index (χ3n) is 1.66. The van der Waals surface area contributed by atoms with Gasteiger partial charge < -0.3 is 4.74 Å². The van der Waals surface area contributed by atoms with Crippen LogP contribution in [0.4, 0.5) is 4.79 Å². The van der Waals surface area contributed by atoms with Gasteiger partial charge in [0.15, 0.2) is 0 Å². The molecule has 0 aromatic heterocycles. The van der Waals surface area contributed by atoms with E-state index in [4.69, 9.17) is 10.6 Å². The Bertz CT molecular complexity index is 323. The third-order valence-corrected chi connectivity index (χ3v) is 1.66. The molecule has 1 aromatic rings. The van der Waals surface area contributed by atoms with Crippen LogP contribution in [0.3, 0.4) is 0 Å². The Balaban J connectivity index is 2.87. The van der Waals surface area contributed by atoms with Gasteiger partial charge >= 0.3 is 6.09 Å². The number of carbonyl (C=O) groups excluding carboxylic acids is 1. The number of hydrazine groups is 1. The van der Waals surface area contributed by atoms with E-state index in [9.17, 15) is 4.79 Å². The predicted molar refractivity (Wildman–Crippen MR) is 49.3 cm³/mol. The number of rotatable bonds is 1. The lowest BCUT2D eigenvalue weighted by molar-refractivity contribution is 0.200. The minimum atomic E-state index is -0.659. The van der Waals surface area contributed by atoms with E-state index in [2.05, 4.69) is 0 Å². The van der Waals surface area contributed by atoms with Gasteiger partial charge in [0.1, 0.15) is 5.75 Å². The van der Waals surface area contributed by atoms with E-state index in [1.54, 1.807) is 6.07 Å². The van der Waals surface area contributed by atoms with Crippen LogP contribution >= 0.6 is 0 Å². The van der Waals surface area contributed by atoms with Gasteiger partial charge in [-0.1, -0.05) is 12.1 Å². The van der Waals surface area contributed by atoms with E-state index in [0.717, 1.165) is 11.1 Å². The summed E-state index contributed by atoms with van der Waals surface area (Å²) in [6.07, 6.45) is -0.659. The monoisotopic (exact) mass is 180 g/mol. The van der Waals surface area contributed by atoms with Crippen molar-refractivity contribution in [3.05, 3.63) is 29.3 Å². The molecule has 0 saturated heterocycles. The normalized spacial score (nSPS) is 9.46. The molecule has 0 radical (unpaired) electrons. The average molecular weight is 180 g/mol. The number of nitrogens with one attached hydrogen (secondary N) is 1. The van der Waals surface area contributed by atoms with Gasteiger partial charge in [-0.05, 0) is 31.0 Å². The third kappa shape index (κ3) is 2.45. The molecule has 0 atom stereocenters. The van der Waals surface area contributed by atoms with Gasteiger partial charge in [-0.3, -0.25) is 5.43 Å². The number of nitrogens with two attached hydrogens (primary N) is 1. The zero-order valence-electron chi connectivity index (χ0n) is 7.63. The second-order valence-electron chi connectivity index (χ2n) is 2.80. The molecule has 4 nitrogen and oxygen atoms in total. The number of hydrogen-bond donors (Lipinski definition) is 2. The molecule has 1 amide bonds. The average Bonchev–Trinajstić information content (AvgIpc) is 2.11. The van der Waals surface area contributed by atoms with Crippen molar-refractivity contribution in [3.8, 4) is 5.75 Å². The van der Waals surface area contributed by atoms with Crippen molar-refractivity contribution in [2.45, 2.75) is 13.8 Å². The van der Waals surface area contributed by atoms with E-state index in [0.29, 0.717) is 5.75 Å². The van der Waals surface area contributed by atoms with Crippen LogP contribution in [0.2, 0.25) is 0 Å². The molecule has 0 aliphatic rings. The molecule has 0 aliphatic heterocycles. The highest BCUT2D eigenvalue weighted by atomic mass is 16.6. The summed E-state index contributed by atoms with van der Waals surface area (Å²) in [5.74, 6) is 5.41. The number of ether oxygens (including phenoxy) is 1. The quantitative estimate of drug-likeness (QED) is 0.388. The minimum absolute atomic E-state index is 0.531. The molecule has 0 saturated carbocycles. The largest absolute Gasteiger partial charge is 0.426 e. The van der Waals surface area contributed by atoms with Crippen LogP contribution in [0.25, 0.3) is 0 Å². The van der Waals surface area contributed by atoms with Gasteiger partial charge in [-0.2, -0.15) is 0 Å². The van der Waals surface area contributed by atoms with Gasteiger partial charge in [-0.15, -0.1) is 0 Å². The summed E-state index contributed by atoms with van der Waals surface area (Å²) in [5.41, 5.74) is 3.83. The lowest BCUT2D eigenvalue weighted by Crippen LogP contribution is -2.32. The van der Waals surface area contributed by atoms with E-state index >= 15 is 0 Å². The molecule has 4 heteroatoms. The fourth-order valence-electron chi connectivity index (χ4n) is 0.947. The predicted octanol–water partition coefficient (Wildman–Crippen LogP) is 1.27. The molecule has 0 fully saturated rings. The summed E-state index contributed by atoms with van der Waals surface area (Å²) in [6, 6.07) is 5.61. The molecule has 1 aromatic carbocycles. The first-order valence-electron chi connectivity index (χ1n) is 3.89. The first-order chi connectivity index (χ1) is 6.13. The van der Waals surface area contributed by atoms with Crippen molar-refractivity contribution >= 4 is 6.09 Å². The van der Waals surface area contributed by atoms with Crippen molar-refractivity contribution in [1.29, 1.82) is 0 Å². The Labute approximate surface area is 76.7 Å². The van der Waals surface area contributed by atoms with Crippen molar-refractivity contribution in [3.63, 3.8) is 0 Å². The molecule has 3 N–H and O–H groups in total. The molecular weight excluding hydrogens is 168 g/mol. The fourth-order valence-corrected chi connectivity index (χ4v) is 0.947. The van der Waals surface area contributed by atoms with Crippen molar-refractivity contribution in [2.24, 2.45) is 5.84 Å². The number of hydrogen-bond acceptors (Lipinski definition) is 3. The summed E-state index contributed by atoms with van der Waals surface area (Å²) in [5, 5.41) is 0. The van der Waals surface area contributed by atoms with Crippen molar-refractivity contribution < 1.29 is 9.53 Å². The summed E-state index contributed by atoms with van der Waals surface area (Å²) in [4.78, 5) is 10.8. The lowest BCUT2D eigenvalue weighted by atomic mass is 10.1. The van der Waals surface area contributed by atoms with Crippen LogP contribution in [-0.2, 0) is 0 Å². The summed E-state index contributed by atoms with van der Waals surface area (Å²) in [6.45, 7) is 3.78. The molecular formula is C9H12N2O2. The van der Waals surface area contributed by atoms with E-state index < -0.39 is 6.09 Å². The van der Waals surface area contributed by atoms with Crippen LogP contribution in [0, 0.1) is 13.8 Å². The molecule has 13 heavy (non-hydrogen) atoms. The topological polar surface area (TPSA) is 64.3 Å². The molecule has 70 valence electrons. The lowest BCUT2D eigenvalue weighted by Gasteiger charge is -2.06. The van der Waals surface area contributed by atoms with Crippen LogP contribution in [0.15, 0.2) is 18.2 Å². The van der Waals surface area contributed by atoms with Crippen LogP contribution in [-0.4, -0.2) is 6.09 Å². The second-order valence-corrected chi connectivity index (χ2v) is 2.80. The Morgan fingerprint density at radius 2 is 2.15 bits per heavy atom. The maximum absolute atomic E-state index is 10.8. The maximum Gasteiger partial charge on any atom is 0.426 e. The van der Waals surface area contributed by atoms with Crippen molar-refractivity contribution in [1.82, 2.24) is 5.43 Å². The second kappa shape index (κ2) is 3.91. The van der Waals surface area contributed by atoms with Gasteiger partial charge in [-0.25, -0.2) is 10.6 Å². The van der Waals surface area contributed by atoms with E-state index in [1.807, 2.05) is 31.4 Å². The van der Waals surface area contributed by atoms with E-state index in [1.165, 1.54) is 0 Å². The molecule has 0 aliphatic carbocycles. The van der Waals surface area contributed by atoms with Gasteiger partial charge in [0.25, 0.3) is 0 Å². The van der Waals surface area contributed by atoms with Gasteiger partial charge in [0.2, 0.25) is 0 Å². The standard InChI is InChI=1S/C9H12N2O2/c1-6-3-4-7(2)8(5-6)13-9(12)11-10/h3-5H,10H2,1-2H3,(H,11,12). The number of amides is 1. The smallest absolute Gasteiger partial charge is 0.409 e. The Morgan fingerprint density at radius 1 is 1.46 bits per heavy atom. The Hall–Kier alpha value is -1.55. The molecule has 1 rings (SSSR count). The number of aryl methyl sites for hydroxylation is 2. The zero-order chi connectivity index (χ0) is 9.84. The van der Waals surface area contributed by atoms with Crippen LogP contribution in [0.5, 0.6) is 5.75 Å². The number of benzene rings is 1. The minimum Gasteiger partial charge on any atom is -0.409 e. The molecule has 0 unspecified atom stereocenters. The summed E-state index contributed by atoms with van der Waals surface area (Å²) < 4.78 is 4.90. The van der Waals surface area contributed by atoms with Crippen LogP contribution in [0.1, 0.15) is 11.1 Å². The van der Waals surface area contributed by atoms with Crippen molar-refractivity contribution in [2.75, 3.05) is 0 Å². The molecule has 0 spiro atoms. The van der Waals surface area contributed by atoms with Gasteiger partial charge in [0.05, 0.1) is 0 Å². The van der Waals surface area contributed by atoms with Gasteiger partial charge in [0, 0.05) is 0 Å². The Morgan fingerprint density at radius 3 is 2.77 bits per heavy atom.